The second kappa shape index (κ2) is 8.31. The predicted octanol–water partition coefficient (Wildman–Crippen LogP) is 3.96. The zero-order valence-electron chi connectivity index (χ0n) is 15.2. The van der Waals surface area contributed by atoms with Crippen molar-refractivity contribution in [3.05, 3.63) is 52.5 Å². The number of hydrogen-bond donors (Lipinski definition) is 0. The maximum atomic E-state index is 12.9. The van der Waals surface area contributed by atoms with Crippen LogP contribution in [0, 0.1) is 0 Å². The monoisotopic (exact) mass is 430 g/mol. The van der Waals surface area contributed by atoms with Gasteiger partial charge in [-0.2, -0.15) is 0 Å². The van der Waals surface area contributed by atoms with E-state index in [1.54, 1.807) is 11.0 Å². The Hall–Kier alpha value is -2.05. The average Bonchev–Trinajstić information content (AvgIpc) is 3.13. The molecule has 2 heterocycles. The lowest BCUT2D eigenvalue weighted by atomic mass is 10.1. The zero-order chi connectivity index (χ0) is 18.6. The van der Waals surface area contributed by atoms with E-state index in [0.717, 1.165) is 22.5 Å². The van der Waals surface area contributed by atoms with Crippen LogP contribution in [0.1, 0.15) is 23.2 Å². The van der Waals surface area contributed by atoms with Crippen molar-refractivity contribution in [3.8, 4) is 11.5 Å². The smallest absolute Gasteiger partial charge is 0.262 e. The van der Waals surface area contributed by atoms with E-state index >= 15 is 0 Å². The third kappa shape index (κ3) is 4.28. The van der Waals surface area contributed by atoms with Crippen LogP contribution in [0.3, 0.4) is 0 Å². The highest BCUT2D eigenvalue weighted by molar-refractivity contribution is 9.10. The summed E-state index contributed by atoms with van der Waals surface area (Å²) in [5.41, 5.74) is 1.44. The van der Waals surface area contributed by atoms with Gasteiger partial charge in [-0.1, -0.05) is 15.9 Å². The minimum atomic E-state index is -0.0438. The number of likely N-dealkylation sites (tertiary alicyclic amines) is 1. The Labute approximate surface area is 168 Å². The van der Waals surface area contributed by atoms with Gasteiger partial charge < -0.3 is 14.4 Å². The van der Waals surface area contributed by atoms with Crippen LogP contribution in [-0.2, 0) is 0 Å². The van der Waals surface area contributed by atoms with Crippen LogP contribution >= 0.6 is 15.9 Å². The molecule has 2 aromatic carbocycles. The predicted molar refractivity (Wildman–Crippen MR) is 109 cm³/mol. The molecule has 0 radical (unpaired) electrons. The SMILES string of the molecule is O=C1c2ccc(Br)cc2OCCN1c1ccc(OCCN2CCCC2)cc1. The number of carbonyl (C=O) groups is 1. The summed E-state index contributed by atoms with van der Waals surface area (Å²) in [5, 5.41) is 0. The van der Waals surface area contributed by atoms with Crippen LogP contribution in [0.2, 0.25) is 0 Å². The van der Waals surface area contributed by atoms with Gasteiger partial charge in [0.25, 0.3) is 5.91 Å². The summed E-state index contributed by atoms with van der Waals surface area (Å²) in [6.07, 6.45) is 2.59. The average molecular weight is 431 g/mol. The lowest BCUT2D eigenvalue weighted by molar-refractivity contribution is 0.0990. The van der Waals surface area contributed by atoms with Crippen molar-refractivity contribution >= 4 is 27.5 Å². The van der Waals surface area contributed by atoms with Crippen molar-refractivity contribution in [2.75, 3.05) is 44.3 Å². The number of amides is 1. The summed E-state index contributed by atoms with van der Waals surface area (Å²) in [5.74, 6) is 1.41. The molecule has 1 fully saturated rings. The fraction of sp³-hybridized carbons (Fsp3) is 0.381. The van der Waals surface area contributed by atoms with E-state index in [1.165, 1.54) is 25.9 Å². The molecule has 5 nitrogen and oxygen atoms in total. The Morgan fingerprint density at radius 3 is 2.59 bits per heavy atom. The summed E-state index contributed by atoms with van der Waals surface area (Å²) in [6.45, 7) is 5.00. The molecule has 27 heavy (non-hydrogen) atoms. The summed E-state index contributed by atoms with van der Waals surface area (Å²) in [7, 11) is 0. The molecule has 2 aliphatic heterocycles. The van der Waals surface area contributed by atoms with Gasteiger partial charge in [-0.05, 0) is 68.4 Å². The van der Waals surface area contributed by atoms with Gasteiger partial charge in [0.15, 0.2) is 0 Å². The number of carbonyl (C=O) groups excluding carboxylic acids is 1. The first-order valence-corrected chi connectivity index (χ1v) is 10.2. The van der Waals surface area contributed by atoms with Crippen LogP contribution in [0.15, 0.2) is 46.9 Å². The van der Waals surface area contributed by atoms with Gasteiger partial charge in [-0.25, -0.2) is 0 Å². The molecular formula is C21H23BrN2O3. The Morgan fingerprint density at radius 1 is 1.04 bits per heavy atom. The maximum Gasteiger partial charge on any atom is 0.262 e. The molecule has 2 aliphatic rings. The lowest BCUT2D eigenvalue weighted by Gasteiger charge is -2.20. The first-order chi connectivity index (χ1) is 13.2. The highest BCUT2D eigenvalue weighted by Gasteiger charge is 2.24. The number of rotatable bonds is 5. The van der Waals surface area contributed by atoms with E-state index in [0.29, 0.717) is 31.1 Å². The first-order valence-electron chi connectivity index (χ1n) is 9.40. The van der Waals surface area contributed by atoms with E-state index in [9.17, 15) is 4.79 Å². The molecule has 0 atom stereocenters. The molecule has 2 aromatic rings. The molecule has 1 amide bonds. The van der Waals surface area contributed by atoms with Crippen LogP contribution in [-0.4, -0.2) is 50.2 Å². The number of benzene rings is 2. The molecule has 0 N–H and O–H groups in total. The quantitative estimate of drug-likeness (QED) is 0.719. The standard InChI is InChI=1S/C21H23BrN2O3/c22-16-3-8-19-20(15-16)27-14-12-24(21(19)25)17-4-6-18(7-5-17)26-13-11-23-9-1-2-10-23/h3-8,15H,1-2,9-14H2. The number of fused-ring (bicyclic) bond motifs is 1. The van der Waals surface area contributed by atoms with E-state index < -0.39 is 0 Å². The van der Waals surface area contributed by atoms with Gasteiger partial charge >= 0.3 is 0 Å². The van der Waals surface area contributed by atoms with E-state index in [4.69, 9.17) is 9.47 Å². The van der Waals surface area contributed by atoms with E-state index in [-0.39, 0.29) is 5.91 Å². The molecule has 4 rings (SSSR count). The van der Waals surface area contributed by atoms with Gasteiger partial charge in [0.2, 0.25) is 0 Å². The van der Waals surface area contributed by atoms with Crippen molar-refractivity contribution in [1.29, 1.82) is 0 Å². The number of halogens is 1. The van der Waals surface area contributed by atoms with Crippen molar-refractivity contribution < 1.29 is 14.3 Å². The molecule has 1 saturated heterocycles. The van der Waals surface area contributed by atoms with Crippen molar-refractivity contribution in [1.82, 2.24) is 4.90 Å². The molecular weight excluding hydrogens is 408 g/mol. The molecule has 0 spiro atoms. The summed E-state index contributed by atoms with van der Waals surface area (Å²) < 4.78 is 12.5. The largest absolute Gasteiger partial charge is 0.492 e. The Balaban J connectivity index is 1.41. The first kappa shape index (κ1) is 18.3. The number of nitrogens with zero attached hydrogens (tertiary/aromatic N) is 2. The second-order valence-electron chi connectivity index (χ2n) is 6.84. The van der Waals surface area contributed by atoms with Crippen LogP contribution in [0.4, 0.5) is 5.69 Å². The molecule has 0 bridgehead atoms. The molecule has 0 unspecified atom stereocenters. The number of anilines is 1. The highest BCUT2D eigenvalue weighted by Crippen LogP contribution is 2.29. The fourth-order valence-corrected chi connectivity index (χ4v) is 3.89. The van der Waals surface area contributed by atoms with Crippen molar-refractivity contribution in [3.63, 3.8) is 0 Å². The zero-order valence-corrected chi connectivity index (χ0v) is 16.8. The third-order valence-electron chi connectivity index (χ3n) is 5.01. The van der Waals surface area contributed by atoms with Crippen LogP contribution in [0.25, 0.3) is 0 Å². The minimum absolute atomic E-state index is 0.0438. The van der Waals surface area contributed by atoms with E-state index in [1.807, 2.05) is 36.4 Å². The molecule has 0 saturated carbocycles. The minimum Gasteiger partial charge on any atom is -0.492 e. The summed E-state index contributed by atoms with van der Waals surface area (Å²) >= 11 is 3.42. The Bertz CT molecular complexity index is 804. The van der Waals surface area contributed by atoms with E-state index in [2.05, 4.69) is 20.8 Å². The van der Waals surface area contributed by atoms with Crippen molar-refractivity contribution in [2.45, 2.75) is 12.8 Å². The molecule has 142 valence electrons. The summed E-state index contributed by atoms with van der Waals surface area (Å²) in [6, 6.07) is 13.2. The number of hydrogen-bond acceptors (Lipinski definition) is 4. The lowest BCUT2D eigenvalue weighted by Crippen LogP contribution is -2.32. The van der Waals surface area contributed by atoms with Gasteiger partial charge in [0.05, 0.1) is 12.1 Å². The van der Waals surface area contributed by atoms with Crippen molar-refractivity contribution in [2.24, 2.45) is 0 Å². The maximum absolute atomic E-state index is 12.9. The van der Waals surface area contributed by atoms with Gasteiger partial charge in [0, 0.05) is 16.7 Å². The normalized spacial score (nSPS) is 17.4. The molecule has 0 aromatic heterocycles. The molecule has 0 aliphatic carbocycles. The summed E-state index contributed by atoms with van der Waals surface area (Å²) in [4.78, 5) is 17.1. The van der Waals surface area contributed by atoms with Crippen LogP contribution < -0.4 is 14.4 Å². The van der Waals surface area contributed by atoms with Gasteiger partial charge in [-0.15, -0.1) is 0 Å². The topological polar surface area (TPSA) is 42.0 Å². The number of ether oxygens (including phenoxy) is 2. The Kier molecular flexibility index (Phi) is 5.64. The third-order valence-corrected chi connectivity index (χ3v) is 5.51. The second-order valence-corrected chi connectivity index (χ2v) is 7.75. The fourth-order valence-electron chi connectivity index (χ4n) is 3.55. The van der Waals surface area contributed by atoms with Gasteiger partial charge in [-0.3, -0.25) is 9.69 Å². The van der Waals surface area contributed by atoms with Gasteiger partial charge in [0.1, 0.15) is 24.7 Å². The highest BCUT2D eigenvalue weighted by atomic mass is 79.9. The van der Waals surface area contributed by atoms with Crippen LogP contribution in [0.5, 0.6) is 11.5 Å². The Morgan fingerprint density at radius 2 is 1.81 bits per heavy atom. The molecule has 6 heteroatoms.